The zero-order valence-electron chi connectivity index (χ0n) is 10.5. The second-order valence-electron chi connectivity index (χ2n) is 4.52. The minimum absolute atomic E-state index is 0.412. The number of hydrogen-bond donors (Lipinski definition) is 1. The molecule has 1 aliphatic rings. The van der Waals surface area contributed by atoms with Crippen molar-refractivity contribution in [2.75, 3.05) is 26.3 Å². The molecule has 1 saturated heterocycles. The van der Waals surface area contributed by atoms with Crippen molar-refractivity contribution in [1.29, 1.82) is 0 Å². The maximum absolute atomic E-state index is 5.62. The molecule has 1 aromatic rings. The number of nitrogens with one attached hydrogen (secondary N) is 1. The fourth-order valence-corrected chi connectivity index (χ4v) is 2.48. The summed E-state index contributed by atoms with van der Waals surface area (Å²) in [4.78, 5) is 0. The molecule has 2 rings (SSSR count). The fourth-order valence-electron chi connectivity index (χ4n) is 2.03. The summed E-state index contributed by atoms with van der Waals surface area (Å²) in [5.41, 5.74) is 1.20. The van der Waals surface area contributed by atoms with Crippen LogP contribution in [-0.4, -0.2) is 32.4 Å². The molecule has 0 aliphatic carbocycles. The highest BCUT2D eigenvalue weighted by Gasteiger charge is 2.13. The quantitative estimate of drug-likeness (QED) is 0.785. The number of ether oxygens (including phenoxy) is 2. The zero-order valence-corrected chi connectivity index (χ0v) is 12.1. The van der Waals surface area contributed by atoms with E-state index in [9.17, 15) is 0 Å². The summed E-state index contributed by atoms with van der Waals surface area (Å²) in [5, 5.41) is 3.37. The van der Waals surface area contributed by atoms with Crippen LogP contribution in [0.25, 0.3) is 0 Å². The first-order valence-corrected chi connectivity index (χ1v) is 7.28. The molecule has 1 fully saturated rings. The van der Waals surface area contributed by atoms with Gasteiger partial charge in [0.05, 0.1) is 19.3 Å². The van der Waals surface area contributed by atoms with E-state index in [1.807, 2.05) is 12.1 Å². The topological polar surface area (TPSA) is 30.5 Å². The molecular formula is C14H20BrNO2. The van der Waals surface area contributed by atoms with Gasteiger partial charge in [0.25, 0.3) is 0 Å². The van der Waals surface area contributed by atoms with Gasteiger partial charge in [-0.15, -0.1) is 0 Å². The molecule has 0 bridgehead atoms. The van der Waals surface area contributed by atoms with Crippen LogP contribution in [0.15, 0.2) is 28.7 Å². The molecule has 18 heavy (non-hydrogen) atoms. The van der Waals surface area contributed by atoms with Crippen LogP contribution in [0.4, 0.5) is 0 Å². The highest BCUT2D eigenvalue weighted by molar-refractivity contribution is 9.10. The molecule has 0 aromatic heterocycles. The highest BCUT2D eigenvalue weighted by Crippen LogP contribution is 2.12. The molecular weight excluding hydrogens is 294 g/mol. The third-order valence-electron chi connectivity index (χ3n) is 2.98. The Hall–Kier alpha value is -0.420. The van der Waals surface area contributed by atoms with Gasteiger partial charge in [-0.05, 0) is 30.5 Å². The molecule has 3 nitrogen and oxygen atoms in total. The summed E-state index contributed by atoms with van der Waals surface area (Å²) in [7, 11) is 0. The maximum atomic E-state index is 5.62. The monoisotopic (exact) mass is 313 g/mol. The van der Waals surface area contributed by atoms with E-state index in [2.05, 4.69) is 33.4 Å². The first-order valence-electron chi connectivity index (χ1n) is 6.49. The van der Waals surface area contributed by atoms with Gasteiger partial charge in [-0.1, -0.05) is 28.1 Å². The predicted molar refractivity (Wildman–Crippen MR) is 75.6 cm³/mol. The van der Waals surface area contributed by atoms with Crippen molar-refractivity contribution in [2.45, 2.75) is 25.6 Å². The Morgan fingerprint density at radius 2 is 2.39 bits per heavy atom. The summed E-state index contributed by atoms with van der Waals surface area (Å²) >= 11 is 3.45. The van der Waals surface area contributed by atoms with Gasteiger partial charge in [-0.3, -0.25) is 0 Å². The van der Waals surface area contributed by atoms with Gasteiger partial charge >= 0.3 is 0 Å². The first kappa shape index (κ1) is 14.0. The number of halogens is 1. The van der Waals surface area contributed by atoms with Crippen molar-refractivity contribution >= 4 is 15.9 Å². The minimum atomic E-state index is 0.412. The Morgan fingerprint density at radius 1 is 1.44 bits per heavy atom. The van der Waals surface area contributed by atoms with E-state index in [0.29, 0.717) is 12.7 Å². The standard InChI is InChI=1S/C14H20BrNO2/c15-13-4-1-3-12(9-13)11-17-8-6-16-10-14-5-2-7-18-14/h1,3-4,9,14,16H,2,5-8,10-11H2. The van der Waals surface area contributed by atoms with E-state index in [0.717, 1.165) is 30.8 Å². The van der Waals surface area contributed by atoms with Crippen LogP contribution >= 0.6 is 15.9 Å². The largest absolute Gasteiger partial charge is 0.377 e. The van der Waals surface area contributed by atoms with Crippen molar-refractivity contribution in [3.05, 3.63) is 34.3 Å². The van der Waals surface area contributed by atoms with Gasteiger partial charge in [0, 0.05) is 24.2 Å². The van der Waals surface area contributed by atoms with Crippen molar-refractivity contribution in [3.8, 4) is 0 Å². The summed E-state index contributed by atoms with van der Waals surface area (Å²) < 4.78 is 12.2. The SMILES string of the molecule is Brc1cccc(COCCNCC2CCCO2)c1. The summed E-state index contributed by atoms with van der Waals surface area (Å²) in [6.07, 6.45) is 2.80. The first-order chi connectivity index (χ1) is 8.84. The lowest BCUT2D eigenvalue weighted by Gasteiger charge is -2.10. The average molecular weight is 314 g/mol. The Bertz CT molecular complexity index is 353. The maximum Gasteiger partial charge on any atom is 0.0717 e. The lowest BCUT2D eigenvalue weighted by Crippen LogP contribution is -2.29. The van der Waals surface area contributed by atoms with E-state index in [1.165, 1.54) is 18.4 Å². The van der Waals surface area contributed by atoms with Gasteiger partial charge < -0.3 is 14.8 Å². The van der Waals surface area contributed by atoms with Gasteiger partial charge in [0.2, 0.25) is 0 Å². The number of hydrogen-bond acceptors (Lipinski definition) is 3. The zero-order chi connectivity index (χ0) is 12.6. The van der Waals surface area contributed by atoms with Gasteiger partial charge in [0.1, 0.15) is 0 Å². The average Bonchev–Trinajstić information content (AvgIpc) is 2.87. The van der Waals surface area contributed by atoms with E-state index in [4.69, 9.17) is 9.47 Å². The Morgan fingerprint density at radius 3 is 3.17 bits per heavy atom. The molecule has 1 heterocycles. The lowest BCUT2D eigenvalue weighted by molar-refractivity contribution is 0.0985. The lowest BCUT2D eigenvalue weighted by atomic mass is 10.2. The molecule has 1 N–H and O–H groups in total. The third kappa shape index (κ3) is 5.06. The molecule has 100 valence electrons. The fraction of sp³-hybridized carbons (Fsp3) is 0.571. The Balaban J connectivity index is 1.50. The van der Waals surface area contributed by atoms with Crippen molar-refractivity contribution in [2.24, 2.45) is 0 Å². The molecule has 0 radical (unpaired) electrons. The smallest absolute Gasteiger partial charge is 0.0717 e. The van der Waals surface area contributed by atoms with Crippen LogP contribution in [-0.2, 0) is 16.1 Å². The summed E-state index contributed by atoms with van der Waals surface area (Å²) in [5.74, 6) is 0. The molecule has 1 atom stereocenters. The van der Waals surface area contributed by atoms with Crippen molar-refractivity contribution in [3.63, 3.8) is 0 Å². The van der Waals surface area contributed by atoms with Crippen LogP contribution in [0.2, 0.25) is 0 Å². The van der Waals surface area contributed by atoms with Crippen LogP contribution < -0.4 is 5.32 Å². The molecule has 0 spiro atoms. The number of benzene rings is 1. The summed E-state index contributed by atoms with van der Waals surface area (Å²) in [6.45, 7) is 4.15. The van der Waals surface area contributed by atoms with Crippen LogP contribution in [0.1, 0.15) is 18.4 Å². The minimum Gasteiger partial charge on any atom is -0.377 e. The van der Waals surface area contributed by atoms with Crippen LogP contribution in [0, 0.1) is 0 Å². The number of rotatable bonds is 7. The summed E-state index contributed by atoms with van der Waals surface area (Å²) in [6, 6.07) is 8.20. The van der Waals surface area contributed by atoms with E-state index < -0.39 is 0 Å². The van der Waals surface area contributed by atoms with Crippen molar-refractivity contribution < 1.29 is 9.47 Å². The van der Waals surface area contributed by atoms with E-state index in [1.54, 1.807) is 0 Å². The predicted octanol–water partition coefficient (Wildman–Crippen LogP) is 2.73. The van der Waals surface area contributed by atoms with E-state index in [-0.39, 0.29) is 0 Å². The van der Waals surface area contributed by atoms with Crippen LogP contribution in [0.3, 0.4) is 0 Å². The van der Waals surface area contributed by atoms with Crippen LogP contribution in [0.5, 0.6) is 0 Å². The van der Waals surface area contributed by atoms with E-state index >= 15 is 0 Å². The molecule has 1 unspecified atom stereocenters. The van der Waals surface area contributed by atoms with Crippen molar-refractivity contribution in [1.82, 2.24) is 5.32 Å². The second-order valence-corrected chi connectivity index (χ2v) is 5.44. The molecule has 4 heteroatoms. The van der Waals surface area contributed by atoms with Gasteiger partial charge in [-0.2, -0.15) is 0 Å². The van der Waals surface area contributed by atoms with Gasteiger partial charge in [-0.25, -0.2) is 0 Å². The van der Waals surface area contributed by atoms with Gasteiger partial charge in [0.15, 0.2) is 0 Å². The Labute approximate surface area is 117 Å². The molecule has 1 aromatic carbocycles. The molecule has 0 amide bonds. The highest BCUT2D eigenvalue weighted by atomic mass is 79.9. The molecule has 1 aliphatic heterocycles. The second kappa shape index (κ2) is 7.89. The third-order valence-corrected chi connectivity index (χ3v) is 3.47. The molecule has 0 saturated carbocycles. The normalized spacial score (nSPS) is 19.3. The Kier molecular flexibility index (Phi) is 6.14.